The molecule has 16 heavy (non-hydrogen) atoms. The summed E-state index contributed by atoms with van der Waals surface area (Å²) in [7, 11) is 4.74. The zero-order valence-corrected chi connectivity index (χ0v) is 10.6. The van der Waals surface area contributed by atoms with E-state index in [4.69, 9.17) is 20.2 Å². The first-order valence-electron chi connectivity index (χ1n) is 4.59. The maximum atomic E-state index is 10.8. The van der Waals surface area contributed by atoms with Gasteiger partial charge in [-0.25, -0.2) is 8.42 Å². The van der Waals surface area contributed by atoms with Crippen LogP contribution in [0.5, 0.6) is 11.5 Å². The van der Waals surface area contributed by atoms with Gasteiger partial charge in [0.15, 0.2) is 0 Å². The van der Waals surface area contributed by atoms with Crippen LogP contribution in [0.25, 0.3) is 0 Å². The molecule has 0 saturated carbocycles. The molecule has 0 aliphatic carbocycles. The Morgan fingerprint density at radius 3 is 2.44 bits per heavy atom. The highest BCUT2D eigenvalue weighted by Gasteiger charge is 2.10. The molecule has 0 N–H and O–H groups in total. The van der Waals surface area contributed by atoms with Gasteiger partial charge in [-0.1, -0.05) is 6.07 Å². The third-order valence-electron chi connectivity index (χ3n) is 2.11. The van der Waals surface area contributed by atoms with E-state index in [1.807, 2.05) is 0 Å². The topological polar surface area (TPSA) is 52.6 Å². The summed E-state index contributed by atoms with van der Waals surface area (Å²) in [5, 5.41) is 0. The summed E-state index contributed by atoms with van der Waals surface area (Å²) in [6.07, 6.45) is 0.318. The second kappa shape index (κ2) is 5.41. The normalized spacial score (nSPS) is 11.2. The van der Waals surface area contributed by atoms with Crippen LogP contribution in [-0.4, -0.2) is 28.4 Å². The highest BCUT2D eigenvalue weighted by molar-refractivity contribution is 8.13. The van der Waals surface area contributed by atoms with Gasteiger partial charge in [0.1, 0.15) is 11.5 Å². The Kier molecular flexibility index (Phi) is 4.44. The van der Waals surface area contributed by atoms with Crippen LogP contribution in [0.2, 0.25) is 0 Å². The monoisotopic (exact) mass is 264 g/mol. The van der Waals surface area contributed by atoms with Crippen molar-refractivity contribution < 1.29 is 17.9 Å². The number of ether oxygens (including phenoxy) is 2. The zero-order chi connectivity index (χ0) is 12.2. The van der Waals surface area contributed by atoms with Crippen molar-refractivity contribution in [3.05, 3.63) is 23.8 Å². The molecule has 0 aliphatic rings. The van der Waals surface area contributed by atoms with Crippen molar-refractivity contribution in [2.24, 2.45) is 0 Å². The number of rotatable bonds is 5. The summed E-state index contributed by atoms with van der Waals surface area (Å²) < 4.78 is 31.8. The first kappa shape index (κ1) is 13.1. The molecule has 1 aromatic rings. The van der Waals surface area contributed by atoms with Crippen molar-refractivity contribution in [1.82, 2.24) is 0 Å². The first-order valence-corrected chi connectivity index (χ1v) is 7.07. The van der Waals surface area contributed by atoms with Gasteiger partial charge in [0, 0.05) is 16.7 Å². The lowest BCUT2D eigenvalue weighted by Crippen LogP contribution is -2.02. The Morgan fingerprint density at radius 2 is 1.94 bits per heavy atom. The zero-order valence-electron chi connectivity index (χ0n) is 9.07. The SMILES string of the molecule is COc1ccc(CCS(=O)(=O)Cl)c(OC)c1. The van der Waals surface area contributed by atoms with Crippen LogP contribution in [0.1, 0.15) is 5.56 Å². The Hall–Kier alpha value is -0.940. The molecule has 0 aliphatic heterocycles. The van der Waals surface area contributed by atoms with Crippen LogP contribution >= 0.6 is 10.7 Å². The molecule has 0 aromatic heterocycles. The maximum Gasteiger partial charge on any atom is 0.232 e. The van der Waals surface area contributed by atoms with E-state index in [1.54, 1.807) is 25.3 Å². The van der Waals surface area contributed by atoms with E-state index < -0.39 is 9.05 Å². The molecule has 90 valence electrons. The number of halogens is 1. The number of hydrogen-bond donors (Lipinski definition) is 0. The molecule has 0 spiro atoms. The van der Waals surface area contributed by atoms with E-state index >= 15 is 0 Å². The molecule has 1 aromatic carbocycles. The molecule has 0 atom stereocenters. The second-order valence-corrected chi connectivity index (χ2v) is 6.07. The minimum absolute atomic E-state index is 0.114. The fourth-order valence-electron chi connectivity index (χ4n) is 1.29. The molecule has 0 heterocycles. The van der Waals surface area contributed by atoms with Gasteiger partial charge in [-0.3, -0.25) is 0 Å². The molecule has 0 saturated heterocycles. The number of aryl methyl sites for hydroxylation is 1. The van der Waals surface area contributed by atoms with Gasteiger partial charge in [-0.15, -0.1) is 0 Å². The van der Waals surface area contributed by atoms with Crippen molar-refractivity contribution in [2.75, 3.05) is 20.0 Å². The molecular formula is C10H13ClO4S. The van der Waals surface area contributed by atoms with Gasteiger partial charge in [-0.2, -0.15) is 0 Å². The van der Waals surface area contributed by atoms with E-state index in [2.05, 4.69) is 0 Å². The van der Waals surface area contributed by atoms with Crippen LogP contribution in [-0.2, 0) is 15.5 Å². The van der Waals surface area contributed by atoms with Crippen molar-refractivity contribution in [3.63, 3.8) is 0 Å². The van der Waals surface area contributed by atoms with Crippen LogP contribution in [0.15, 0.2) is 18.2 Å². The van der Waals surface area contributed by atoms with Crippen molar-refractivity contribution in [3.8, 4) is 11.5 Å². The summed E-state index contributed by atoms with van der Waals surface area (Å²) in [6.45, 7) is 0. The van der Waals surface area contributed by atoms with Gasteiger partial charge in [0.05, 0.1) is 20.0 Å². The predicted molar refractivity (Wildman–Crippen MR) is 62.9 cm³/mol. The molecule has 0 unspecified atom stereocenters. The van der Waals surface area contributed by atoms with E-state index in [1.165, 1.54) is 7.11 Å². The standard InChI is InChI=1S/C10H13ClO4S/c1-14-9-4-3-8(10(7-9)15-2)5-6-16(11,12)13/h3-4,7H,5-6H2,1-2H3. The van der Waals surface area contributed by atoms with Gasteiger partial charge >= 0.3 is 0 Å². The highest BCUT2D eigenvalue weighted by Crippen LogP contribution is 2.25. The molecular weight excluding hydrogens is 252 g/mol. The summed E-state index contributed by atoms with van der Waals surface area (Å²) in [4.78, 5) is 0. The molecule has 0 amide bonds. The minimum atomic E-state index is -3.48. The van der Waals surface area contributed by atoms with Crippen molar-refractivity contribution in [2.45, 2.75) is 6.42 Å². The van der Waals surface area contributed by atoms with Crippen molar-refractivity contribution >= 4 is 19.7 Å². The molecule has 1 rings (SSSR count). The largest absolute Gasteiger partial charge is 0.497 e. The Labute approximate surface area is 99.6 Å². The lowest BCUT2D eigenvalue weighted by molar-refractivity contribution is 0.391. The van der Waals surface area contributed by atoms with E-state index in [0.29, 0.717) is 17.9 Å². The Bertz CT molecular complexity index is 456. The van der Waals surface area contributed by atoms with Crippen LogP contribution < -0.4 is 9.47 Å². The average Bonchev–Trinajstić information content (AvgIpc) is 2.25. The summed E-state index contributed by atoms with van der Waals surface area (Å²) in [6, 6.07) is 5.22. The molecule has 0 radical (unpaired) electrons. The van der Waals surface area contributed by atoms with Gasteiger partial charge in [0.2, 0.25) is 9.05 Å². The average molecular weight is 265 g/mol. The Balaban J connectivity index is 2.87. The second-order valence-electron chi connectivity index (χ2n) is 3.17. The predicted octanol–water partition coefficient (Wildman–Crippen LogP) is 1.81. The first-order chi connectivity index (χ1) is 7.46. The summed E-state index contributed by atoms with van der Waals surface area (Å²) in [5.41, 5.74) is 0.785. The quantitative estimate of drug-likeness (QED) is 0.761. The molecule has 0 fully saturated rings. The van der Waals surface area contributed by atoms with E-state index in [9.17, 15) is 8.42 Å². The molecule has 4 nitrogen and oxygen atoms in total. The fraction of sp³-hybridized carbons (Fsp3) is 0.400. The Morgan fingerprint density at radius 1 is 1.25 bits per heavy atom. The van der Waals surface area contributed by atoms with Gasteiger partial charge in [-0.05, 0) is 18.1 Å². The molecule has 0 bridgehead atoms. The number of methoxy groups -OCH3 is 2. The fourth-order valence-corrected chi connectivity index (χ4v) is 1.99. The number of hydrogen-bond acceptors (Lipinski definition) is 4. The van der Waals surface area contributed by atoms with Crippen molar-refractivity contribution in [1.29, 1.82) is 0 Å². The smallest absolute Gasteiger partial charge is 0.232 e. The van der Waals surface area contributed by atoms with E-state index in [-0.39, 0.29) is 5.75 Å². The lowest BCUT2D eigenvalue weighted by atomic mass is 10.1. The van der Waals surface area contributed by atoms with Crippen LogP contribution in [0, 0.1) is 0 Å². The van der Waals surface area contributed by atoms with E-state index in [0.717, 1.165) is 5.56 Å². The van der Waals surface area contributed by atoms with Gasteiger partial charge in [0.25, 0.3) is 0 Å². The van der Waals surface area contributed by atoms with Crippen LogP contribution in [0.4, 0.5) is 0 Å². The number of benzene rings is 1. The summed E-state index contributed by atoms with van der Waals surface area (Å²) >= 11 is 0. The third kappa shape index (κ3) is 3.90. The van der Waals surface area contributed by atoms with Gasteiger partial charge < -0.3 is 9.47 Å². The minimum Gasteiger partial charge on any atom is -0.497 e. The maximum absolute atomic E-state index is 10.8. The summed E-state index contributed by atoms with van der Waals surface area (Å²) in [5.74, 6) is 1.14. The molecule has 6 heteroatoms. The highest BCUT2D eigenvalue weighted by atomic mass is 35.7. The lowest BCUT2D eigenvalue weighted by Gasteiger charge is -2.09. The van der Waals surface area contributed by atoms with Crippen LogP contribution in [0.3, 0.4) is 0 Å². The third-order valence-corrected chi connectivity index (χ3v) is 3.26.